The molecule has 0 bridgehead atoms. The van der Waals surface area contributed by atoms with Crippen molar-refractivity contribution >= 4 is 33.7 Å². The Morgan fingerprint density at radius 3 is 2.95 bits per heavy atom. The van der Waals surface area contributed by atoms with E-state index in [1.54, 1.807) is 12.3 Å². The van der Waals surface area contributed by atoms with Crippen LogP contribution in [0, 0.1) is 0 Å². The van der Waals surface area contributed by atoms with Gasteiger partial charge in [-0.1, -0.05) is 30.3 Å². The average Bonchev–Trinajstić information content (AvgIpc) is 2.89. The summed E-state index contributed by atoms with van der Waals surface area (Å²) in [5.74, 6) is 0.336. The highest BCUT2D eigenvalue weighted by molar-refractivity contribution is 7.17. The zero-order valence-electron chi connectivity index (χ0n) is 9.83. The molecule has 6 heteroatoms. The Kier molecular flexibility index (Phi) is 3.07. The van der Waals surface area contributed by atoms with Crippen molar-refractivity contribution in [3.05, 3.63) is 57.7 Å². The lowest BCUT2D eigenvalue weighted by molar-refractivity contribution is 1.13. The fraction of sp³-hybridized carbons (Fsp3) is 0. The summed E-state index contributed by atoms with van der Waals surface area (Å²) in [5.41, 5.74) is 4.21. The number of anilines is 1. The van der Waals surface area contributed by atoms with Gasteiger partial charge in [0.2, 0.25) is 5.95 Å². The third-order valence-electron chi connectivity index (χ3n) is 2.50. The summed E-state index contributed by atoms with van der Waals surface area (Å²) in [4.78, 5) is 18.6. The van der Waals surface area contributed by atoms with Gasteiger partial charge in [0.05, 0.1) is 11.7 Å². The second-order valence-electron chi connectivity index (χ2n) is 3.83. The Hall–Kier alpha value is -2.47. The molecule has 3 aromatic rings. The Labute approximate surface area is 112 Å². The molecule has 0 aliphatic carbocycles. The van der Waals surface area contributed by atoms with Crippen molar-refractivity contribution < 1.29 is 0 Å². The minimum Gasteiger partial charge on any atom is -0.290 e. The van der Waals surface area contributed by atoms with E-state index in [1.165, 1.54) is 11.3 Å². The van der Waals surface area contributed by atoms with E-state index < -0.39 is 0 Å². The van der Waals surface area contributed by atoms with Gasteiger partial charge in [-0.3, -0.25) is 9.78 Å². The number of hydrazone groups is 1. The molecule has 0 unspecified atom stereocenters. The molecular formula is C13H10N4OS. The molecule has 19 heavy (non-hydrogen) atoms. The summed E-state index contributed by atoms with van der Waals surface area (Å²) < 4.78 is 0.623. The summed E-state index contributed by atoms with van der Waals surface area (Å²) in [6, 6.07) is 11.5. The van der Waals surface area contributed by atoms with Crippen molar-refractivity contribution in [3.63, 3.8) is 0 Å². The van der Waals surface area contributed by atoms with Crippen LogP contribution in [0.3, 0.4) is 0 Å². The van der Waals surface area contributed by atoms with Gasteiger partial charge in [0.15, 0.2) is 0 Å². The second-order valence-corrected chi connectivity index (χ2v) is 4.75. The van der Waals surface area contributed by atoms with E-state index in [-0.39, 0.29) is 5.56 Å². The van der Waals surface area contributed by atoms with Gasteiger partial charge in [0, 0.05) is 0 Å². The maximum absolute atomic E-state index is 11.7. The number of nitrogens with one attached hydrogen (secondary N) is 2. The number of benzene rings is 1. The lowest BCUT2D eigenvalue weighted by atomic mass is 10.2. The van der Waals surface area contributed by atoms with Crippen LogP contribution in [-0.2, 0) is 0 Å². The monoisotopic (exact) mass is 270 g/mol. The second kappa shape index (κ2) is 5.03. The number of thiophene rings is 1. The van der Waals surface area contributed by atoms with Gasteiger partial charge < -0.3 is 0 Å². The Bertz CT molecular complexity index is 776. The van der Waals surface area contributed by atoms with Crippen LogP contribution >= 0.6 is 11.3 Å². The Morgan fingerprint density at radius 1 is 1.26 bits per heavy atom. The van der Waals surface area contributed by atoms with Crippen molar-refractivity contribution in [2.75, 3.05) is 5.43 Å². The summed E-state index contributed by atoms with van der Waals surface area (Å²) in [6.45, 7) is 0. The van der Waals surface area contributed by atoms with Crippen LogP contribution in [0.2, 0.25) is 0 Å². The highest BCUT2D eigenvalue weighted by Crippen LogP contribution is 2.14. The predicted octanol–water partition coefficient (Wildman–Crippen LogP) is 2.43. The number of aromatic amines is 1. The third-order valence-corrected chi connectivity index (χ3v) is 3.40. The van der Waals surface area contributed by atoms with Crippen LogP contribution in [-0.4, -0.2) is 16.2 Å². The Balaban J connectivity index is 1.82. The summed E-state index contributed by atoms with van der Waals surface area (Å²) in [5, 5.41) is 5.88. The van der Waals surface area contributed by atoms with E-state index >= 15 is 0 Å². The smallest absolute Gasteiger partial charge is 0.270 e. The zero-order valence-corrected chi connectivity index (χ0v) is 10.6. The zero-order chi connectivity index (χ0) is 13.1. The quantitative estimate of drug-likeness (QED) is 0.567. The molecule has 2 heterocycles. The average molecular weight is 270 g/mol. The number of rotatable bonds is 3. The van der Waals surface area contributed by atoms with Gasteiger partial charge in [0.25, 0.3) is 5.56 Å². The summed E-state index contributed by atoms with van der Waals surface area (Å²) in [7, 11) is 0. The van der Waals surface area contributed by atoms with E-state index in [0.29, 0.717) is 16.2 Å². The van der Waals surface area contributed by atoms with E-state index in [1.807, 2.05) is 35.7 Å². The van der Waals surface area contributed by atoms with Crippen molar-refractivity contribution in [2.45, 2.75) is 0 Å². The van der Waals surface area contributed by atoms with E-state index in [9.17, 15) is 4.79 Å². The van der Waals surface area contributed by atoms with Gasteiger partial charge in [0.1, 0.15) is 4.70 Å². The highest BCUT2D eigenvalue weighted by atomic mass is 32.1. The topological polar surface area (TPSA) is 70.1 Å². The number of H-pyrrole nitrogens is 1. The van der Waals surface area contributed by atoms with E-state index in [4.69, 9.17) is 0 Å². The molecular weight excluding hydrogens is 260 g/mol. The molecule has 0 fully saturated rings. The normalized spacial score (nSPS) is 11.2. The molecule has 0 spiro atoms. The lowest BCUT2D eigenvalue weighted by Gasteiger charge is -1.98. The van der Waals surface area contributed by atoms with Crippen LogP contribution in [0.1, 0.15) is 5.56 Å². The highest BCUT2D eigenvalue weighted by Gasteiger charge is 2.03. The summed E-state index contributed by atoms with van der Waals surface area (Å²) in [6.07, 6.45) is 1.66. The number of aromatic nitrogens is 2. The SMILES string of the molecule is O=c1[nH]c(N/N=C/c2ccccc2)nc2ccsc12. The van der Waals surface area contributed by atoms with E-state index in [2.05, 4.69) is 20.5 Å². The Morgan fingerprint density at radius 2 is 2.11 bits per heavy atom. The largest absolute Gasteiger partial charge is 0.290 e. The van der Waals surface area contributed by atoms with Crippen LogP contribution < -0.4 is 11.0 Å². The van der Waals surface area contributed by atoms with Gasteiger partial charge in [-0.25, -0.2) is 10.4 Å². The molecule has 94 valence electrons. The van der Waals surface area contributed by atoms with Gasteiger partial charge in [-0.2, -0.15) is 5.10 Å². The fourth-order valence-electron chi connectivity index (χ4n) is 1.63. The van der Waals surface area contributed by atoms with Crippen LogP contribution in [0.25, 0.3) is 10.2 Å². The van der Waals surface area contributed by atoms with E-state index in [0.717, 1.165) is 5.56 Å². The van der Waals surface area contributed by atoms with Gasteiger partial charge in [-0.05, 0) is 17.0 Å². The number of hydrogen-bond donors (Lipinski definition) is 2. The van der Waals surface area contributed by atoms with Crippen LogP contribution in [0.15, 0.2) is 51.7 Å². The molecule has 0 radical (unpaired) electrons. The van der Waals surface area contributed by atoms with Crippen molar-refractivity contribution in [2.24, 2.45) is 5.10 Å². The molecule has 0 saturated heterocycles. The predicted molar refractivity (Wildman–Crippen MR) is 77.9 cm³/mol. The first-order valence-corrected chi connectivity index (χ1v) is 6.52. The van der Waals surface area contributed by atoms with Crippen molar-refractivity contribution in [3.8, 4) is 0 Å². The molecule has 3 rings (SSSR count). The fourth-order valence-corrected chi connectivity index (χ4v) is 2.36. The summed E-state index contributed by atoms with van der Waals surface area (Å²) >= 11 is 1.37. The molecule has 0 aliphatic heterocycles. The number of fused-ring (bicyclic) bond motifs is 1. The third kappa shape index (κ3) is 2.53. The van der Waals surface area contributed by atoms with Crippen LogP contribution in [0.5, 0.6) is 0 Å². The molecule has 2 aromatic heterocycles. The molecule has 1 aromatic carbocycles. The van der Waals surface area contributed by atoms with Crippen LogP contribution in [0.4, 0.5) is 5.95 Å². The molecule has 2 N–H and O–H groups in total. The van der Waals surface area contributed by atoms with Gasteiger partial charge in [-0.15, -0.1) is 11.3 Å². The molecule has 0 atom stereocenters. The standard InChI is InChI=1S/C13H10N4OS/c18-12-11-10(6-7-19-11)15-13(16-12)17-14-8-9-4-2-1-3-5-9/h1-8H,(H2,15,16,17,18)/b14-8+. The molecule has 5 nitrogen and oxygen atoms in total. The van der Waals surface area contributed by atoms with Crippen molar-refractivity contribution in [1.29, 1.82) is 0 Å². The minimum absolute atomic E-state index is 0.155. The number of nitrogens with zero attached hydrogens (tertiary/aromatic N) is 2. The maximum atomic E-state index is 11.7. The lowest BCUT2D eigenvalue weighted by Crippen LogP contribution is -2.09. The van der Waals surface area contributed by atoms with Gasteiger partial charge >= 0.3 is 0 Å². The first-order valence-electron chi connectivity index (χ1n) is 5.64. The first kappa shape index (κ1) is 11.6. The van der Waals surface area contributed by atoms with Crippen molar-refractivity contribution in [1.82, 2.24) is 9.97 Å². The minimum atomic E-state index is -0.155. The first-order chi connectivity index (χ1) is 9.33. The molecule has 0 saturated carbocycles. The molecule has 0 amide bonds. The number of hydrogen-bond acceptors (Lipinski definition) is 5. The molecule has 0 aliphatic rings. The maximum Gasteiger partial charge on any atom is 0.270 e.